The molecule has 3 aromatic carbocycles. The first kappa shape index (κ1) is 24.1. The summed E-state index contributed by atoms with van der Waals surface area (Å²) in [5.41, 5.74) is 1.90. The number of anilines is 1. The molecule has 0 fully saturated rings. The largest absolute Gasteiger partial charge is 0.503 e. The van der Waals surface area contributed by atoms with Gasteiger partial charge in [-0.25, -0.2) is 4.98 Å². The molecular formula is C27H18Cl2N2O4S. The molecule has 1 unspecified atom stereocenters. The number of allylic oxidation sites excluding steroid dienone is 1. The lowest BCUT2D eigenvalue weighted by Crippen LogP contribution is -2.30. The van der Waals surface area contributed by atoms with Crippen LogP contribution in [0.3, 0.4) is 0 Å². The monoisotopic (exact) mass is 536 g/mol. The number of fused-ring (bicyclic) bond motifs is 1. The van der Waals surface area contributed by atoms with Gasteiger partial charge in [0, 0.05) is 0 Å². The zero-order chi connectivity index (χ0) is 25.4. The number of aliphatic hydroxyl groups is 1. The molecule has 0 saturated carbocycles. The van der Waals surface area contributed by atoms with Crippen molar-refractivity contribution in [2.45, 2.75) is 6.04 Å². The third kappa shape index (κ3) is 4.37. The van der Waals surface area contributed by atoms with Crippen LogP contribution in [0.15, 0.2) is 84.1 Å². The maximum atomic E-state index is 13.4. The molecule has 1 aromatic heterocycles. The summed E-state index contributed by atoms with van der Waals surface area (Å²) in [7, 11) is 1.57. The van der Waals surface area contributed by atoms with Crippen molar-refractivity contribution in [2.24, 2.45) is 0 Å². The minimum absolute atomic E-state index is 0.0672. The molecule has 1 aliphatic heterocycles. The summed E-state index contributed by atoms with van der Waals surface area (Å²) in [6, 6.07) is 18.5. The Labute approximate surface area is 220 Å². The maximum Gasteiger partial charge on any atom is 0.296 e. The van der Waals surface area contributed by atoms with Crippen molar-refractivity contribution in [3.63, 3.8) is 0 Å². The lowest BCUT2D eigenvalue weighted by Gasteiger charge is -2.24. The molecule has 6 nitrogen and oxygen atoms in total. The smallest absolute Gasteiger partial charge is 0.296 e. The van der Waals surface area contributed by atoms with E-state index in [9.17, 15) is 14.7 Å². The normalized spacial score (nSPS) is 15.9. The predicted octanol–water partition coefficient (Wildman–Crippen LogP) is 6.79. The highest BCUT2D eigenvalue weighted by Gasteiger charge is 2.45. The van der Waals surface area contributed by atoms with Gasteiger partial charge in [-0.3, -0.25) is 14.5 Å². The highest BCUT2D eigenvalue weighted by atomic mass is 35.5. The number of methoxy groups -OCH3 is 1. The quantitative estimate of drug-likeness (QED) is 0.274. The minimum atomic E-state index is -0.956. The number of carbonyl (C=O) groups is 2. The van der Waals surface area contributed by atoms with E-state index >= 15 is 0 Å². The van der Waals surface area contributed by atoms with Gasteiger partial charge in [-0.15, -0.1) is 0 Å². The molecule has 0 aliphatic carbocycles. The molecule has 9 heteroatoms. The van der Waals surface area contributed by atoms with Gasteiger partial charge in [0.25, 0.3) is 5.91 Å². The van der Waals surface area contributed by atoms with Gasteiger partial charge in [0.1, 0.15) is 5.75 Å². The molecule has 36 heavy (non-hydrogen) atoms. The minimum Gasteiger partial charge on any atom is -0.503 e. The topological polar surface area (TPSA) is 79.7 Å². The summed E-state index contributed by atoms with van der Waals surface area (Å²) in [6.07, 6.45) is 2.97. The van der Waals surface area contributed by atoms with E-state index in [1.165, 1.54) is 22.3 Å². The average molecular weight is 537 g/mol. The molecule has 0 saturated heterocycles. The fourth-order valence-corrected chi connectivity index (χ4v) is 5.33. The molecule has 0 bridgehead atoms. The summed E-state index contributed by atoms with van der Waals surface area (Å²) in [5.74, 6) is -1.22. The first-order valence-electron chi connectivity index (χ1n) is 10.8. The molecule has 5 rings (SSSR count). The molecule has 2 heterocycles. The maximum absolute atomic E-state index is 13.4. The Morgan fingerprint density at radius 1 is 1.08 bits per heavy atom. The van der Waals surface area contributed by atoms with Gasteiger partial charge < -0.3 is 9.84 Å². The van der Waals surface area contributed by atoms with Crippen molar-refractivity contribution in [1.29, 1.82) is 0 Å². The van der Waals surface area contributed by atoms with Crippen LogP contribution in [0.25, 0.3) is 16.3 Å². The average Bonchev–Trinajstić information content (AvgIpc) is 3.42. The first-order valence-corrected chi connectivity index (χ1v) is 12.4. The number of benzene rings is 3. The van der Waals surface area contributed by atoms with Crippen LogP contribution in [0.2, 0.25) is 10.0 Å². The molecule has 1 amide bonds. The van der Waals surface area contributed by atoms with E-state index in [1.807, 2.05) is 36.4 Å². The third-order valence-electron chi connectivity index (χ3n) is 5.75. The Morgan fingerprint density at radius 3 is 2.58 bits per heavy atom. The number of aromatic nitrogens is 1. The van der Waals surface area contributed by atoms with E-state index in [2.05, 4.69) is 4.98 Å². The highest BCUT2D eigenvalue weighted by molar-refractivity contribution is 7.22. The van der Waals surface area contributed by atoms with Crippen molar-refractivity contribution in [3.05, 3.63) is 105 Å². The van der Waals surface area contributed by atoms with Gasteiger partial charge in [0.15, 0.2) is 16.7 Å². The van der Waals surface area contributed by atoms with Crippen LogP contribution in [-0.4, -0.2) is 28.9 Å². The van der Waals surface area contributed by atoms with Crippen LogP contribution in [0.1, 0.15) is 17.2 Å². The predicted molar refractivity (Wildman–Crippen MR) is 143 cm³/mol. The summed E-state index contributed by atoms with van der Waals surface area (Å²) in [4.78, 5) is 32.6. The molecule has 0 spiro atoms. The van der Waals surface area contributed by atoms with Crippen molar-refractivity contribution in [2.75, 3.05) is 12.0 Å². The van der Waals surface area contributed by atoms with Crippen molar-refractivity contribution >= 4 is 67.7 Å². The second-order valence-electron chi connectivity index (χ2n) is 7.95. The molecule has 0 radical (unpaired) electrons. The lowest BCUT2D eigenvalue weighted by molar-refractivity contribution is -0.117. The zero-order valence-electron chi connectivity index (χ0n) is 18.8. The summed E-state index contributed by atoms with van der Waals surface area (Å²) in [5, 5.41) is 11.8. The fraction of sp³-hybridized carbons (Fsp3) is 0.0741. The fourth-order valence-electron chi connectivity index (χ4n) is 4.00. The van der Waals surface area contributed by atoms with E-state index in [0.29, 0.717) is 27.0 Å². The number of nitrogens with zero attached hydrogens (tertiary/aromatic N) is 2. The Balaban J connectivity index is 1.62. The Kier molecular flexibility index (Phi) is 6.53. The van der Waals surface area contributed by atoms with E-state index in [-0.39, 0.29) is 10.6 Å². The van der Waals surface area contributed by atoms with Crippen LogP contribution in [0.4, 0.5) is 5.13 Å². The van der Waals surface area contributed by atoms with Crippen LogP contribution in [0.5, 0.6) is 5.75 Å². The second kappa shape index (κ2) is 9.78. The lowest BCUT2D eigenvalue weighted by atomic mass is 9.96. The van der Waals surface area contributed by atoms with Gasteiger partial charge in [0.05, 0.1) is 39.0 Å². The van der Waals surface area contributed by atoms with Crippen LogP contribution < -0.4 is 9.64 Å². The van der Waals surface area contributed by atoms with Crippen molar-refractivity contribution in [1.82, 2.24) is 4.98 Å². The van der Waals surface area contributed by atoms with E-state index in [4.69, 9.17) is 27.9 Å². The van der Waals surface area contributed by atoms with Gasteiger partial charge in [-0.05, 0) is 47.5 Å². The molecule has 4 aromatic rings. The number of hydrogen-bond acceptors (Lipinski definition) is 6. The molecule has 180 valence electrons. The van der Waals surface area contributed by atoms with Crippen LogP contribution in [0, 0.1) is 0 Å². The molecule has 1 atom stereocenters. The van der Waals surface area contributed by atoms with Gasteiger partial charge in [0.2, 0.25) is 0 Å². The summed E-state index contributed by atoms with van der Waals surface area (Å²) in [6.45, 7) is 0. The zero-order valence-corrected chi connectivity index (χ0v) is 21.1. The number of rotatable bonds is 6. The highest BCUT2D eigenvalue weighted by Crippen LogP contribution is 2.44. The van der Waals surface area contributed by atoms with Crippen molar-refractivity contribution in [3.8, 4) is 5.75 Å². The standard InChI is InChI=1S/C27H18Cl2N2O4S/c1-35-17-9-11-20-22(14-17)36-27(30-20)31-24(16-8-10-18(28)19(29)13-16)23(25(33)26(31)34)21(32)12-7-15-5-3-2-4-6-15/h2-14,24,33H,1H3. The number of hydrogen-bond donors (Lipinski definition) is 1. The van der Waals surface area contributed by atoms with Crippen LogP contribution in [-0.2, 0) is 9.59 Å². The Morgan fingerprint density at radius 2 is 1.86 bits per heavy atom. The molecule has 1 N–H and O–H groups in total. The summed E-state index contributed by atoms with van der Waals surface area (Å²) < 4.78 is 6.08. The van der Waals surface area contributed by atoms with E-state index in [1.54, 1.807) is 43.5 Å². The molecule has 1 aliphatic rings. The number of aliphatic hydroxyl groups excluding tert-OH is 1. The SMILES string of the molecule is COc1ccc2nc(N3C(=O)C(O)=C(C(=O)C=Cc4ccccc4)C3c3ccc(Cl)c(Cl)c3)sc2c1. The van der Waals surface area contributed by atoms with Gasteiger partial charge in [-0.2, -0.15) is 0 Å². The second-order valence-corrected chi connectivity index (χ2v) is 9.78. The number of amides is 1. The van der Waals surface area contributed by atoms with Gasteiger partial charge >= 0.3 is 0 Å². The Hall–Kier alpha value is -3.65. The van der Waals surface area contributed by atoms with Crippen LogP contribution >= 0.6 is 34.5 Å². The van der Waals surface area contributed by atoms with E-state index < -0.39 is 23.5 Å². The van der Waals surface area contributed by atoms with Crippen molar-refractivity contribution < 1.29 is 19.4 Å². The number of ketones is 1. The van der Waals surface area contributed by atoms with Gasteiger partial charge in [-0.1, -0.05) is 77.0 Å². The molecular weight excluding hydrogens is 519 g/mol. The number of halogens is 2. The van der Waals surface area contributed by atoms with E-state index in [0.717, 1.165) is 10.3 Å². The third-order valence-corrected chi connectivity index (χ3v) is 7.51. The first-order chi connectivity index (χ1) is 17.4. The number of thiazole rings is 1. The summed E-state index contributed by atoms with van der Waals surface area (Å²) >= 11 is 13.7. The number of carbonyl (C=O) groups excluding carboxylic acids is 2. The number of ether oxygens (including phenoxy) is 1. The Bertz CT molecular complexity index is 1560.